The minimum atomic E-state index is 0.554. The van der Waals surface area contributed by atoms with Crippen molar-refractivity contribution in [1.29, 1.82) is 0 Å². The zero-order chi connectivity index (χ0) is 14.7. The highest BCUT2D eigenvalue weighted by Gasteiger charge is 2.09. The van der Waals surface area contributed by atoms with Crippen molar-refractivity contribution in [2.24, 2.45) is 0 Å². The molecule has 1 heterocycles. The first-order chi connectivity index (χ1) is 10.2. The first-order valence-electron chi connectivity index (χ1n) is 6.60. The molecule has 4 nitrogen and oxygen atoms in total. The Morgan fingerprint density at radius 3 is 2.71 bits per heavy atom. The van der Waals surface area contributed by atoms with Crippen LogP contribution in [0.4, 0.5) is 5.69 Å². The van der Waals surface area contributed by atoms with Crippen LogP contribution in [0, 0.1) is 0 Å². The van der Waals surface area contributed by atoms with Gasteiger partial charge >= 0.3 is 0 Å². The van der Waals surface area contributed by atoms with Gasteiger partial charge in [0.1, 0.15) is 0 Å². The Morgan fingerprint density at radius 1 is 1.05 bits per heavy atom. The van der Waals surface area contributed by atoms with Gasteiger partial charge in [0.25, 0.3) is 0 Å². The maximum Gasteiger partial charge on any atom is 0.231 e. The van der Waals surface area contributed by atoms with E-state index in [1.54, 1.807) is 0 Å². The van der Waals surface area contributed by atoms with E-state index in [0.29, 0.717) is 24.6 Å². The number of anilines is 1. The topological polar surface area (TPSA) is 64.9 Å². The maximum absolute atomic E-state index is 5.92. The molecule has 0 spiro atoms. The van der Waals surface area contributed by atoms with E-state index in [4.69, 9.17) is 10.3 Å². The standard InChI is InChI=1S/C16H14BrN3O/c17-13-6-3-4-11(8-13)9-15-19-16(21-20-15)10-12-5-1-2-7-14(12)18/h1-8H,9-10,18H2. The van der Waals surface area contributed by atoms with Crippen LogP contribution in [0.5, 0.6) is 0 Å². The van der Waals surface area contributed by atoms with Gasteiger partial charge in [-0.15, -0.1) is 0 Å². The lowest BCUT2D eigenvalue weighted by Crippen LogP contribution is -1.96. The quantitative estimate of drug-likeness (QED) is 0.735. The average molecular weight is 344 g/mol. The van der Waals surface area contributed by atoms with Crippen LogP contribution in [0.15, 0.2) is 57.5 Å². The summed E-state index contributed by atoms with van der Waals surface area (Å²) in [5.41, 5.74) is 8.79. The minimum absolute atomic E-state index is 0.554. The van der Waals surface area contributed by atoms with Gasteiger partial charge in [0, 0.05) is 16.6 Å². The van der Waals surface area contributed by atoms with Crippen molar-refractivity contribution < 1.29 is 4.52 Å². The monoisotopic (exact) mass is 343 g/mol. The molecule has 0 aliphatic carbocycles. The molecule has 3 rings (SSSR count). The van der Waals surface area contributed by atoms with Gasteiger partial charge < -0.3 is 10.3 Å². The van der Waals surface area contributed by atoms with Crippen LogP contribution in [0.2, 0.25) is 0 Å². The number of nitrogens with zero attached hydrogens (tertiary/aromatic N) is 2. The first-order valence-corrected chi connectivity index (χ1v) is 7.39. The highest BCUT2D eigenvalue weighted by molar-refractivity contribution is 9.10. The Kier molecular flexibility index (Phi) is 4.01. The fourth-order valence-corrected chi connectivity index (χ4v) is 2.57. The lowest BCUT2D eigenvalue weighted by molar-refractivity contribution is 0.380. The van der Waals surface area contributed by atoms with Crippen LogP contribution in [-0.2, 0) is 12.8 Å². The predicted molar refractivity (Wildman–Crippen MR) is 84.9 cm³/mol. The Balaban J connectivity index is 1.73. The van der Waals surface area contributed by atoms with Crippen molar-refractivity contribution in [3.63, 3.8) is 0 Å². The van der Waals surface area contributed by atoms with E-state index in [1.165, 1.54) is 0 Å². The zero-order valence-electron chi connectivity index (χ0n) is 11.3. The van der Waals surface area contributed by atoms with E-state index in [-0.39, 0.29) is 0 Å². The molecule has 5 heteroatoms. The second-order valence-corrected chi connectivity index (χ2v) is 5.70. The molecule has 2 N–H and O–H groups in total. The lowest BCUT2D eigenvalue weighted by Gasteiger charge is -2.00. The molecule has 1 aromatic heterocycles. The van der Waals surface area contributed by atoms with E-state index < -0.39 is 0 Å². The van der Waals surface area contributed by atoms with Gasteiger partial charge in [0.15, 0.2) is 5.82 Å². The normalized spacial score (nSPS) is 10.7. The Morgan fingerprint density at radius 2 is 1.90 bits per heavy atom. The number of nitrogens with two attached hydrogens (primary N) is 1. The van der Waals surface area contributed by atoms with Crippen LogP contribution >= 0.6 is 15.9 Å². The summed E-state index contributed by atoms with van der Waals surface area (Å²) in [4.78, 5) is 4.42. The summed E-state index contributed by atoms with van der Waals surface area (Å²) in [6.07, 6.45) is 1.20. The number of hydrogen-bond acceptors (Lipinski definition) is 4. The van der Waals surface area contributed by atoms with E-state index >= 15 is 0 Å². The van der Waals surface area contributed by atoms with Crippen molar-refractivity contribution in [3.8, 4) is 0 Å². The molecule has 0 atom stereocenters. The van der Waals surface area contributed by atoms with Crippen molar-refractivity contribution in [3.05, 3.63) is 75.8 Å². The average Bonchev–Trinajstić information content (AvgIpc) is 2.89. The van der Waals surface area contributed by atoms with Crippen LogP contribution < -0.4 is 5.73 Å². The molecule has 0 bridgehead atoms. The molecule has 0 aliphatic heterocycles. The number of rotatable bonds is 4. The van der Waals surface area contributed by atoms with Gasteiger partial charge in [-0.1, -0.05) is 51.4 Å². The maximum atomic E-state index is 5.92. The van der Waals surface area contributed by atoms with Crippen LogP contribution in [0.1, 0.15) is 22.8 Å². The fraction of sp³-hybridized carbons (Fsp3) is 0.125. The first kappa shape index (κ1) is 13.8. The summed E-state index contributed by atoms with van der Waals surface area (Å²) < 4.78 is 6.34. The molecule has 0 saturated carbocycles. The summed E-state index contributed by atoms with van der Waals surface area (Å²) in [6, 6.07) is 15.8. The third-order valence-corrected chi connectivity index (χ3v) is 3.65. The lowest BCUT2D eigenvalue weighted by atomic mass is 10.1. The molecule has 0 aliphatic rings. The van der Waals surface area contributed by atoms with Crippen molar-refractivity contribution in [1.82, 2.24) is 10.1 Å². The largest absolute Gasteiger partial charge is 0.398 e. The number of hydrogen-bond donors (Lipinski definition) is 1. The van der Waals surface area contributed by atoms with Crippen LogP contribution in [0.25, 0.3) is 0 Å². The third kappa shape index (κ3) is 3.49. The molecule has 0 fully saturated rings. The Labute approximate surface area is 131 Å². The predicted octanol–water partition coefficient (Wildman–Crippen LogP) is 3.60. The second kappa shape index (κ2) is 6.10. The summed E-state index contributed by atoms with van der Waals surface area (Å²) in [7, 11) is 0. The molecule has 0 amide bonds. The summed E-state index contributed by atoms with van der Waals surface area (Å²) in [5, 5.41) is 4.02. The molecule has 0 saturated heterocycles. The van der Waals surface area contributed by atoms with E-state index in [2.05, 4.69) is 26.1 Å². The molecule has 106 valence electrons. The molecule has 2 aromatic carbocycles. The molecule has 21 heavy (non-hydrogen) atoms. The van der Waals surface area contributed by atoms with Crippen LogP contribution in [0.3, 0.4) is 0 Å². The van der Waals surface area contributed by atoms with Gasteiger partial charge in [-0.2, -0.15) is 4.98 Å². The molecule has 3 aromatic rings. The Bertz CT molecular complexity index is 755. The molecule has 0 radical (unpaired) electrons. The van der Waals surface area contributed by atoms with E-state index in [1.807, 2.05) is 48.5 Å². The fourth-order valence-electron chi connectivity index (χ4n) is 2.12. The van der Waals surface area contributed by atoms with E-state index in [9.17, 15) is 0 Å². The van der Waals surface area contributed by atoms with Gasteiger partial charge in [-0.3, -0.25) is 0 Å². The van der Waals surface area contributed by atoms with Crippen molar-refractivity contribution in [2.75, 3.05) is 5.73 Å². The number of benzene rings is 2. The minimum Gasteiger partial charge on any atom is -0.398 e. The smallest absolute Gasteiger partial charge is 0.231 e. The van der Waals surface area contributed by atoms with Crippen molar-refractivity contribution in [2.45, 2.75) is 12.8 Å². The van der Waals surface area contributed by atoms with Crippen molar-refractivity contribution >= 4 is 21.6 Å². The second-order valence-electron chi connectivity index (χ2n) is 4.79. The van der Waals surface area contributed by atoms with Crippen LogP contribution in [-0.4, -0.2) is 10.1 Å². The number of nitrogen functional groups attached to an aromatic ring is 1. The third-order valence-electron chi connectivity index (χ3n) is 3.16. The highest BCUT2D eigenvalue weighted by Crippen LogP contribution is 2.17. The number of para-hydroxylation sites is 1. The van der Waals surface area contributed by atoms with E-state index in [0.717, 1.165) is 21.3 Å². The zero-order valence-corrected chi connectivity index (χ0v) is 12.9. The SMILES string of the molecule is Nc1ccccc1Cc1nc(Cc2cccc(Br)c2)no1. The summed E-state index contributed by atoms with van der Waals surface area (Å²) in [5.74, 6) is 1.26. The molecular formula is C16H14BrN3O. The van der Waals surface area contributed by atoms with Gasteiger partial charge in [0.05, 0.1) is 6.42 Å². The van der Waals surface area contributed by atoms with Gasteiger partial charge in [0.2, 0.25) is 5.89 Å². The number of aromatic nitrogens is 2. The summed E-state index contributed by atoms with van der Waals surface area (Å²) >= 11 is 3.45. The van der Waals surface area contributed by atoms with Gasteiger partial charge in [-0.25, -0.2) is 0 Å². The molecule has 0 unspecified atom stereocenters. The Hall–Kier alpha value is -2.14. The van der Waals surface area contributed by atoms with Gasteiger partial charge in [-0.05, 0) is 29.3 Å². The number of halogens is 1. The molecular weight excluding hydrogens is 330 g/mol. The highest BCUT2D eigenvalue weighted by atomic mass is 79.9. The summed E-state index contributed by atoms with van der Waals surface area (Å²) in [6.45, 7) is 0.